The van der Waals surface area contributed by atoms with Crippen LogP contribution < -0.4 is 0 Å². The molecule has 3 fully saturated rings. The van der Waals surface area contributed by atoms with Gasteiger partial charge in [-0.1, -0.05) is 18.6 Å². The van der Waals surface area contributed by atoms with Gasteiger partial charge in [0.05, 0.1) is 17.9 Å². The maximum absolute atomic E-state index is 12.2. The molecule has 0 aromatic heterocycles. The van der Waals surface area contributed by atoms with Gasteiger partial charge in [0.15, 0.2) is 0 Å². The minimum atomic E-state index is -0.801. The third-order valence-corrected chi connectivity index (χ3v) is 9.30. The molecule has 5 rings (SSSR count). The van der Waals surface area contributed by atoms with Crippen LogP contribution in [-0.2, 0) is 9.53 Å². The number of fused-ring (bicyclic) bond motifs is 5. The number of rotatable bonds is 2. The normalized spacial score (nSPS) is 49.1. The lowest BCUT2D eigenvalue weighted by molar-refractivity contribution is -0.175. The van der Waals surface area contributed by atoms with Crippen molar-refractivity contribution >= 4 is 12.2 Å². The van der Waals surface area contributed by atoms with Gasteiger partial charge in [0.25, 0.3) is 0 Å². The molecule has 1 heterocycles. The van der Waals surface area contributed by atoms with Gasteiger partial charge in [0.1, 0.15) is 6.61 Å². The highest BCUT2D eigenvalue weighted by molar-refractivity contribution is 5.85. The summed E-state index contributed by atoms with van der Waals surface area (Å²) in [5.41, 5.74) is 0.772. The highest BCUT2D eigenvalue weighted by atomic mass is 16.5. The molecular formula is C23H31NO5. The number of aliphatic hydroxyl groups is 2. The van der Waals surface area contributed by atoms with Crippen molar-refractivity contribution in [3.63, 3.8) is 0 Å². The third-order valence-electron chi connectivity index (χ3n) is 9.30. The van der Waals surface area contributed by atoms with E-state index in [0.717, 1.165) is 50.5 Å². The second-order valence-corrected chi connectivity index (χ2v) is 10.1. The number of ether oxygens (including phenoxy) is 1. The number of cyclic esters (lactones) is 1. The fourth-order valence-corrected chi connectivity index (χ4v) is 7.92. The first kappa shape index (κ1) is 19.3. The molecule has 0 spiro atoms. The molecule has 0 aromatic rings. The molecule has 6 nitrogen and oxygen atoms in total. The molecule has 7 atom stereocenters. The Hall–Kier alpha value is -1.66. The average molecular weight is 402 g/mol. The van der Waals surface area contributed by atoms with E-state index in [0.29, 0.717) is 13.0 Å². The number of allylic oxidation sites excluding steroid dienone is 1. The largest absolute Gasteiger partial charge is 0.458 e. The van der Waals surface area contributed by atoms with Crippen LogP contribution in [0.1, 0.15) is 58.3 Å². The van der Waals surface area contributed by atoms with Crippen LogP contribution in [0.25, 0.3) is 0 Å². The molecule has 3 N–H and O–H groups in total. The summed E-state index contributed by atoms with van der Waals surface area (Å²) >= 11 is 0. The van der Waals surface area contributed by atoms with Gasteiger partial charge in [0, 0.05) is 16.9 Å². The molecule has 29 heavy (non-hydrogen) atoms. The SMILES string of the molecule is C[C@]12CC[C@@H]3[C@H](CCC4=C[C@H](O)CC[C@@]43/C=N\O)[C@]1(O)CC[C@H]2C1=CC(=O)OC1. The number of hydrogen-bond donors (Lipinski definition) is 3. The summed E-state index contributed by atoms with van der Waals surface area (Å²) in [6.07, 6.45) is 11.4. The first-order chi connectivity index (χ1) is 13.8. The fraction of sp³-hybridized carbons (Fsp3) is 0.739. The number of esters is 1. The number of aliphatic hydroxyl groups excluding tert-OH is 1. The molecule has 0 radical (unpaired) electrons. The number of carbonyl (C=O) groups excluding carboxylic acids is 1. The minimum absolute atomic E-state index is 0.121. The standard InChI is InChI=1S/C23H31NO5/c1-21-7-5-18-19(3-2-15-11-16(25)4-8-22(15,18)13-24-28)23(21,27)9-6-17(21)14-10-20(26)29-12-14/h10-11,13,16-19,25,27-28H,2-9,12H2,1H3/b24-13-/t16-,17+,18-,19+,21-,22-,23-/m1/s1. The highest BCUT2D eigenvalue weighted by Gasteiger charge is 2.67. The van der Waals surface area contributed by atoms with Crippen molar-refractivity contribution in [3.8, 4) is 0 Å². The van der Waals surface area contributed by atoms with E-state index in [4.69, 9.17) is 4.74 Å². The van der Waals surface area contributed by atoms with Crippen molar-refractivity contribution in [1.29, 1.82) is 0 Å². The van der Waals surface area contributed by atoms with Gasteiger partial charge in [-0.05, 0) is 74.7 Å². The van der Waals surface area contributed by atoms with E-state index in [1.807, 2.05) is 6.08 Å². The predicted molar refractivity (Wildman–Crippen MR) is 106 cm³/mol. The Morgan fingerprint density at radius 2 is 2.00 bits per heavy atom. The molecule has 158 valence electrons. The van der Waals surface area contributed by atoms with Crippen molar-refractivity contribution in [2.45, 2.75) is 70.0 Å². The quantitative estimate of drug-likeness (QED) is 0.217. The zero-order valence-corrected chi connectivity index (χ0v) is 17.0. The maximum Gasteiger partial charge on any atom is 0.331 e. The number of oxime groups is 1. The first-order valence-electron chi connectivity index (χ1n) is 11.0. The van der Waals surface area contributed by atoms with Gasteiger partial charge in [-0.3, -0.25) is 0 Å². The van der Waals surface area contributed by atoms with Crippen LogP contribution in [0.3, 0.4) is 0 Å². The van der Waals surface area contributed by atoms with Gasteiger partial charge in [-0.2, -0.15) is 0 Å². The molecular weight excluding hydrogens is 370 g/mol. The third kappa shape index (κ3) is 2.48. The van der Waals surface area contributed by atoms with E-state index in [1.165, 1.54) is 5.57 Å². The molecule has 5 aliphatic rings. The summed E-state index contributed by atoms with van der Waals surface area (Å²) < 4.78 is 5.18. The molecule has 1 aliphatic heterocycles. The summed E-state index contributed by atoms with van der Waals surface area (Å²) in [7, 11) is 0. The second-order valence-electron chi connectivity index (χ2n) is 10.1. The number of hydrogen-bond acceptors (Lipinski definition) is 6. The Morgan fingerprint density at radius 3 is 2.72 bits per heavy atom. The van der Waals surface area contributed by atoms with Crippen LogP contribution in [0.5, 0.6) is 0 Å². The van der Waals surface area contributed by atoms with Crippen LogP contribution >= 0.6 is 0 Å². The summed E-state index contributed by atoms with van der Waals surface area (Å²) in [6, 6.07) is 0. The smallest absolute Gasteiger partial charge is 0.331 e. The molecule has 6 heteroatoms. The lowest BCUT2D eigenvalue weighted by Gasteiger charge is -2.61. The van der Waals surface area contributed by atoms with Crippen molar-refractivity contribution in [2.75, 3.05) is 6.61 Å². The van der Waals surface area contributed by atoms with Crippen molar-refractivity contribution in [2.24, 2.45) is 33.7 Å². The van der Waals surface area contributed by atoms with Crippen LogP contribution in [-0.4, -0.2) is 45.9 Å². The molecule has 0 amide bonds. The van der Waals surface area contributed by atoms with Crippen molar-refractivity contribution in [1.82, 2.24) is 0 Å². The van der Waals surface area contributed by atoms with Crippen LogP contribution in [0.15, 0.2) is 28.5 Å². The molecule has 4 aliphatic carbocycles. The zero-order chi connectivity index (χ0) is 20.4. The van der Waals surface area contributed by atoms with E-state index in [9.17, 15) is 20.2 Å². The Balaban J connectivity index is 1.53. The van der Waals surface area contributed by atoms with Gasteiger partial charge < -0.3 is 20.2 Å². The lowest BCUT2D eigenvalue weighted by atomic mass is 9.44. The first-order valence-corrected chi connectivity index (χ1v) is 11.0. The second kappa shape index (κ2) is 6.42. The summed E-state index contributed by atoms with van der Waals surface area (Å²) in [5, 5.41) is 35.3. The van der Waals surface area contributed by atoms with Gasteiger partial charge in [-0.25, -0.2) is 4.79 Å². The Morgan fingerprint density at radius 1 is 1.17 bits per heavy atom. The van der Waals surface area contributed by atoms with Gasteiger partial charge in [0.2, 0.25) is 0 Å². The van der Waals surface area contributed by atoms with Crippen LogP contribution in [0.2, 0.25) is 0 Å². The number of carbonyl (C=O) groups is 1. The van der Waals surface area contributed by atoms with Gasteiger partial charge >= 0.3 is 5.97 Å². The Kier molecular flexibility index (Phi) is 4.27. The van der Waals surface area contributed by atoms with Crippen molar-refractivity contribution in [3.05, 3.63) is 23.3 Å². The molecule has 0 bridgehead atoms. The average Bonchev–Trinajstić information content (AvgIpc) is 3.23. The van der Waals surface area contributed by atoms with E-state index >= 15 is 0 Å². The number of nitrogens with zero attached hydrogens (tertiary/aromatic N) is 1. The Labute approximate surface area is 171 Å². The van der Waals surface area contributed by atoms with E-state index < -0.39 is 11.7 Å². The van der Waals surface area contributed by atoms with Gasteiger partial charge in [-0.15, -0.1) is 5.16 Å². The van der Waals surface area contributed by atoms with Crippen LogP contribution in [0.4, 0.5) is 0 Å². The maximum atomic E-state index is 12.2. The minimum Gasteiger partial charge on any atom is -0.458 e. The molecule has 0 aromatic carbocycles. The summed E-state index contributed by atoms with van der Waals surface area (Å²) in [4.78, 5) is 11.7. The monoisotopic (exact) mass is 401 g/mol. The molecule has 0 saturated heterocycles. The molecule has 0 unspecified atom stereocenters. The lowest BCUT2D eigenvalue weighted by Crippen LogP contribution is -2.61. The van der Waals surface area contributed by atoms with E-state index in [1.54, 1.807) is 12.3 Å². The topological polar surface area (TPSA) is 99.4 Å². The van der Waals surface area contributed by atoms with Crippen LogP contribution in [0, 0.1) is 28.6 Å². The molecule has 3 saturated carbocycles. The Bertz CT molecular complexity index is 818. The van der Waals surface area contributed by atoms with Crippen molar-refractivity contribution < 1.29 is 25.0 Å². The zero-order valence-electron chi connectivity index (χ0n) is 17.0. The predicted octanol–water partition coefficient (Wildman–Crippen LogP) is 2.96. The van der Waals surface area contributed by atoms with E-state index in [-0.39, 0.29) is 34.6 Å². The summed E-state index contributed by atoms with van der Waals surface area (Å²) in [6.45, 7) is 2.56. The summed E-state index contributed by atoms with van der Waals surface area (Å²) in [5.74, 6) is 0.236. The fourth-order valence-electron chi connectivity index (χ4n) is 7.92. The highest BCUT2D eigenvalue weighted by Crippen LogP contribution is 2.69. The van der Waals surface area contributed by atoms with E-state index in [2.05, 4.69) is 12.1 Å².